The first-order chi connectivity index (χ1) is 16.7. The topological polar surface area (TPSA) is 122 Å². The van der Waals surface area contributed by atoms with E-state index in [1.807, 2.05) is 12.2 Å². The largest absolute Gasteiger partial charge is 0.495 e. The van der Waals surface area contributed by atoms with E-state index in [9.17, 15) is 22.8 Å². The summed E-state index contributed by atoms with van der Waals surface area (Å²) in [6.07, 6.45) is 4.75. The van der Waals surface area contributed by atoms with Gasteiger partial charge in [0, 0.05) is 0 Å². The molecule has 2 bridgehead atoms. The zero-order chi connectivity index (χ0) is 24.9. The van der Waals surface area contributed by atoms with Crippen LogP contribution in [0.25, 0.3) is 0 Å². The molecule has 35 heavy (non-hydrogen) atoms. The molecule has 0 unspecified atom stereocenters. The van der Waals surface area contributed by atoms with Crippen molar-refractivity contribution in [3.63, 3.8) is 0 Å². The molecule has 3 amide bonds. The highest BCUT2D eigenvalue weighted by Crippen LogP contribution is 2.52. The van der Waals surface area contributed by atoms with Gasteiger partial charge in [0.2, 0.25) is 17.7 Å². The fourth-order valence-corrected chi connectivity index (χ4v) is 6.41. The standard InChI is InChI=1S/C24H22ClN3O6S/c1-34-19-5-3-2-4-17(19)27-35(32,33)15-8-9-16(25)18(11-15)26-20(29)12-28-23(30)21-13-6-7-14(10-13)22(21)24(28)31/h2-9,11,13-14,21-22,27H,10,12H2,1H3,(H,26,29)/t13-,14-,21-,22+/m0/s1. The van der Waals surface area contributed by atoms with E-state index in [-0.39, 0.29) is 44.9 Å². The van der Waals surface area contributed by atoms with Gasteiger partial charge in [0.05, 0.1) is 40.2 Å². The Morgan fingerprint density at radius 3 is 2.37 bits per heavy atom. The van der Waals surface area contributed by atoms with Gasteiger partial charge in [-0.25, -0.2) is 8.42 Å². The molecule has 0 spiro atoms. The van der Waals surface area contributed by atoms with Gasteiger partial charge in [-0.15, -0.1) is 0 Å². The number of nitrogens with zero attached hydrogens (tertiary/aromatic N) is 1. The number of methoxy groups -OCH3 is 1. The van der Waals surface area contributed by atoms with Crippen LogP contribution in [0.5, 0.6) is 5.75 Å². The molecule has 3 aliphatic rings. The average Bonchev–Trinajstić information content (AvgIpc) is 3.51. The first-order valence-corrected chi connectivity index (χ1v) is 12.8. The number of hydrogen-bond donors (Lipinski definition) is 2. The zero-order valence-electron chi connectivity index (χ0n) is 18.6. The SMILES string of the molecule is COc1ccccc1NS(=O)(=O)c1ccc(Cl)c(NC(=O)CN2C(=O)[C@@H]3[C@H](C2=O)[C@H]2C=C[C@H]3C2)c1. The second-order valence-corrected chi connectivity index (χ2v) is 10.8. The smallest absolute Gasteiger partial charge is 0.262 e. The maximum atomic E-state index is 12.9. The number of allylic oxidation sites excluding steroid dienone is 2. The number of para-hydroxylation sites is 2. The van der Waals surface area contributed by atoms with Crippen molar-refractivity contribution < 1.29 is 27.5 Å². The molecule has 11 heteroatoms. The van der Waals surface area contributed by atoms with Crippen molar-refractivity contribution in [3.8, 4) is 5.75 Å². The molecule has 0 aromatic heterocycles. The highest BCUT2D eigenvalue weighted by molar-refractivity contribution is 7.92. The van der Waals surface area contributed by atoms with Gasteiger partial charge in [-0.3, -0.25) is 24.0 Å². The van der Waals surface area contributed by atoms with Gasteiger partial charge in [0.25, 0.3) is 10.0 Å². The third-order valence-electron chi connectivity index (χ3n) is 6.74. The lowest BCUT2D eigenvalue weighted by molar-refractivity contribution is -0.143. The molecular formula is C24H22ClN3O6S. The van der Waals surface area contributed by atoms with E-state index < -0.39 is 34.3 Å². The molecule has 1 heterocycles. The Kier molecular flexibility index (Phi) is 5.80. The lowest BCUT2D eigenvalue weighted by Gasteiger charge is -2.17. The molecule has 5 rings (SSSR count). The summed E-state index contributed by atoms with van der Waals surface area (Å²) < 4.78 is 33.5. The third kappa shape index (κ3) is 4.06. The predicted molar refractivity (Wildman–Crippen MR) is 128 cm³/mol. The Labute approximate surface area is 207 Å². The van der Waals surface area contributed by atoms with Crippen LogP contribution >= 0.6 is 11.6 Å². The predicted octanol–water partition coefficient (Wildman–Crippen LogP) is 2.90. The van der Waals surface area contributed by atoms with Gasteiger partial charge in [-0.2, -0.15) is 0 Å². The number of sulfonamides is 1. The summed E-state index contributed by atoms with van der Waals surface area (Å²) in [5.41, 5.74) is 0.288. The van der Waals surface area contributed by atoms with Crippen LogP contribution in [0.3, 0.4) is 0 Å². The molecular weight excluding hydrogens is 494 g/mol. The number of amides is 3. The van der Waals surface area contributed by atoms with Crippen molar-refractivity contribution >= 4 is 50.7 Å². The molecule has 2 fully saturated rings. The van der Waals surface area contributed by atoms with Crippen molar-refractivity contribution in [2.75, 3.05) is 23.7 Å². The molecule has 2 aromatic carbocycles. The Morgan fingerprint density at radius 2 is 1.71 bits per heavy atom. The van der Waals surface area contributed by atoms with Gasteiger partial charge in [0.1, 0.15) is 12.3 Å². The van der Waals surface area contributed by atoms with Crippen LogP contribution < -0.4 is 14.8 Å². The number of halogens is 1. The van der Waals surface area contributed by atoms with Crippen molar-refractivity contribution in [1.29, 1.82) is 0 Å². The number of nitrogens with one attached hydrogen (secondary N) is 2. The Morgan fingerprint density at radius 1 is 1.06 bits per heavy atom. The van der Waals surface area contributed by atoms with Crippen LogP contribution in [-0.4, -0.2) is 44.7 Å². The minimum Gasteiger partial charge on any atom is -0.495 e. The second-order valence-electron chi connectivity index (χ2n) is 8.76. The van der Waals surface area contributed by atoms with Gasteiger partial charge < -0.3 is 10.1 Å². The minimum atomic E-state index is -4.04. The van der Waals surface area contributed by atoms with Crippen molar-refractivity contribution in [3.05, 3.63) is 59.6 Å². The minimum absolute atomic E-state index is 0.0422. The second kappa shape index (κ2) is 8.69. The molecule has 0 radical (unpaired) electrons. The first-order valence-electron chi connectivity index (χ1n) is 11.0. The van der Waals surface area contributed by atoms with E-state index in [4.69, 9.17) is 16.3 Å². The Bertz CT molecular complexity index is 1350. The third-order valence-corrected chi connectivity index (χ3v) is 8.43. The van der Waals surface area contributed by atoms with E-state index >= 15 is 0 Å². The van der Waals surface area contributed by atoms with Crippen LogP contribution in [-0.2, 0) is 24.4 Å². The lowest BCUT2D eigenvalue weighted by Crippen LogP contribution is -2.39. The number of rotatable bonds is 7. The fourth-order valence-electron chi connectivity index (χ4n) is 5.15. The number of carbonyl (C=O) groups is 3. The van der Waals surface area contributed by atoms with Crippen LogP contribution in [0.4, 0.5) is 11.4 Å². The summed E-state index contributed by atoms with van der Waals surface area (Å²) in [5.74, 6) is -1.70. The van der Waals surface area contributed by atoms with Crippen molar-refractivity contribution in [2.24, 2.45) is 23.7 Å². The van der Waals surface area contributed by atoms with Gasteiger partial charge in [-0.1, -0.05) is 35.9 Å². The number of hydrogen-bond acceptors (Lipinski definition) is 6. The van der Waals surface area contributed by atoms with Crippen LogP contribution in [0, 0.1) is 23.7 Å². The zero-order valence-corrected chi connectivity index (χ0v) is 20.2. The number of likely N-dealkylation sites (tertiary alicyclic amines) is 1. The van der Waals surface area contributed by atoms with E-state index in [1.54, 1.807) is 24.3 Å². The molecule has 2 aliphatic carbocycles. The number of anilines is 2. The van der Waals surface area contributed by atoms with E-state index in [2.05, 4.69) is 10.0 Å². The van der Waals surface area contributed by atoms with E-state index in [1.165, 1.54) is 25.3 Å². The van der Waals surface area contributed by atoms with Crippen LogP contribution in [0.2, 0.25) is 5.02 Å². The molecule has 2 N–H and O–H groups in total. The van der Waals surface area contributed by atoms with Crippen molar-refractivity contribution in [2.45, 2.75) is 11.3 Å². The van der Waals surface area contributed by atoms with E-state index in [0.717, 1.165) is 11.3 Å². The highest BCUT2D eigenvalue weighted by Gasteiger charge is 2.59. The molecule has 182 valence electrons. The number of benzene rings is 2. The Hall–Kier alpha value is -3.37. The monoisotopic (exact) mass is 515 g/mol. The summed E-state index contributed by atoms with van der Waals surface area (Å²) in [6, 6.07) is 10.4. The molecule has 4 atom stereocenters. The van der Waals surface area contributed by atoms with E-state index in [0.29, 0.717) is 5.75 Å². The summed E-state index contributed by atoms with van der Waals surface area (Å²) >= 11 is 6.19. The summed E-state index contributed by atoms with van der Waals surface area (Å²) in [4.78, 5) is 39.2. The average molecular weight is 516 g/mol. The van der Waals surface area contributed by atoms with Gasteiger partial charge in [0.15, 0.2) is 0 Å². The maximum Gasteiger partial charge on any atom is 0.262 e. The molecule has 1 aliphatic heterocycles. The normalized spacial score (nSPS) is 24.6. The maximum absolute atomic E-state index is 12.9. The molecule has 9 nitrogen and oxygen atoms in total. The number of ether oxygens (including phenoxy) is 1. The number of carbonyl (C=O) groups excluding carboxylic acids is 3. The Balaban J connectivity index is 1.31. The number of fused-ring (bicyclic) bond motifs is 5. The van der Waals surface area contributed by atoms with Gasteiger partial charge >= 0.3 is 0 Å². The summed E-state index contributed by atoms with van der Waals surface area (Å²) in [7, 11) is -2.62. The molecule has 1 saturated carbocycles. The summed E-state index contributed by atoms with van der Waals surface area (Å²) in [5, 5.41) is 2.64. The summed E-state index contributed by atoms with van der Waals surface area (Å²) in [6.45, 7) is -0.461. The van der Waals surface area contributed by atoms with Crippen LogP contribution in [0.15, 0.2) is 59.5 Å². The quantitative estimate of drug-likeness (QED) is 0.432. The van der Waals surface area contributed by atoms with Crippen molar-refractivity contribution in [1.82, 2.24) is 4.90 Å². The first kappa shape index (κ1) is 23.4. The number of imide groups is 1. The lowest BCUT2D eigenvalue weighted by atomic mass is 9.85. The fraction of sp³-hybridized carbons (Fsp3) is 0.292. The molecule has 2 aromatic rings. The molecule has 1 saturated heterocycles. The van der Waals surface area contributed by atoms with Gasteiger partial charge in [-0.05, 0) is 48.6 Å². The van der Waals surface area contributed by atoms with Crippen LogP contribution in [0.1, 0.15) is 6.42 Å². The highest BCUT2D eigenvalue weighted by atomic mass is 35.5.